The van der Waals surface area contributed by atoms with Gasteiger partial charge in [-0.05, 0) is 55.1 Å². The number of carbonyl (C=O) groups is 2. The fourth-order valence-electron chi connectivity index (χ4n) is 4.39. The van der Waals surface area contributed by atoms with Gasteiger partial charge in [0, 0.05) is 31.6 Å². The molecule has 2 aliphatic rings. The van der Waals surface area contributed by atoms with Crippen molar-refractivity contribution in [1.29, 1.82) is 0 Å². The number of likely N-dealkylation sites (tertiary alicyclic amines) is 1. The number of amides is 2. The normalized spacial score (nSPS) is 18.7. The van der Waals surface area contributed by atoms with E-state index in [1.165, 1.54) is 18.4 Å². The highest BCUT2D eigenvalue weighted by Gasteiger charge is 2.23. The van der Waals surface area contributed by atoms with Gasteiger partial charge in [-0.15, -0.1) is 0 Å². The Bertz CT molecular complexity index is 912. The van der Waals surface area contributed by atoms with E-state index in [0.29, 0.717) is 18.9 Å². The maximum Gasteiger partial charge on any atom is 0.227 e. The maximum absolute atomic E-state index is 12.7. The molecular formula is C25H31N3O3. The first-order valence-corrected chi connectivity index (χ1v) is 11.2. The van der Waals surface area contributed by atoms with E-state index >= 15 is 0 Å². The fourth-order valence-corrected chi connectivity index (χ4v) is 4.39. The van der Waals surface area contributed by atoms with E-state index in [1.807, 2.05) is 36.4 Å². The SMILES string of the molecule is CC1CCCN(Cc2ccc(NC(=O)CCC(=O)N3CCOc4ccccc43)cc2)C1. The van der Waals surface area contributed by atoms with Crippen LogP contribution >= 0.6 is 0 Å². The van der Waals surface area contributed by atoms with Crippen molar-refractivity contribution in [2.24, 2.45) is 5.92 Å². The van der Waals surface area contributed by atoms with Crippen LogP contribution in [-0.2, 0) is 16.1 Å². The van der Waals surface area contributed by atoms with Crippen molar-refractivity contribution in [2.45, 2.75) is 39.2 Å². The monoisotopic (exact) mass is 421 g/mol. The number of hydrogen-bond donors (Lipinski definition) is 1. The first kappa shape index (κ1) is 21.4. The highest BCUT2D eigenvalue weighted by molar-refractivity contribution is 5.99. The molecule has 1 saturated heterocycles. The number of benzene rings is 2. The number of anilines is 2. The third kappa shape index (κ3) is 5.64. The summed E-state index contributed by atoms with van der Waals surface area (Å²) in [6, 6.07) is 15.5. The Morgan fingerprint density at radius 2 is 1.87 bits per heavy atom. The number of carbonyl (C=O) groups excluding carboxylic acids is 2. The van der Waals surface area contributed by atoms with Crippen LogP contribution < -0.4 is 15.0 Å². The molecule has 1 fully saturated rings. The number of para-hydroxylation sites is 2. The molecule has 6 heteroatoms. The van der Waals surface area contributed by atoms with Crippen molar-refractivity contribution >= 4 is 23.2 Å². The predicted octanol–water partition coefficient (Wildman–Crippen LogP) is 4.06. The number of nitrogens with one attached hydrogen (secondary N) is 1. The van der Waals surface area contributed by atoms with Gasteiger partial charge in [0.05, 0.1) is 12.2 Å². The van der Waals surface area contributed by atoms with Gasteiger partial charge >= 0.3 is 0 Å². The average Bonchev–Trinajstić information content (AvgIpc) is 2.78. The largest absolute Gasteiger partial charge is 0.490 e. The van der Waals surface area contributed by atoms with E-state index in [9.17, 15) is 9.59 Å². The van der Waals surface area contributed by atoms with E-state index in [1.54, 1.807) is 4.90 Å². The van der Waals surface area contributed by atoms with Crippen LogP contribution in [-0.4, -0.2) is 43.0 Å². The molecule has 31 heavy (non-hydrogen) atoms. The fraction of sp³-hybridized carbons (Fsp3) is 0.440. The van der Waals surface area contributed by atoms with Gasteiger partial charge in [-0.25, -0.2) is 0 Å². The van der Waals surface area contributed by atoms with Gasteiger partial charge < -0.3 is 15.0 Å². The molecule has 0 bridgehead atoms. The van der Waals surface area contributed by atoms with Crippen LogP contribution in [0.2, 0.25) is 0 Å². The number of nitrogens with zero attached hydrogens (tertiary/aromatic N) is 2. The lowest BCUT2D eigenvalue weighted by atomic mass is 10.00. The minimum absolute atomic E-state index is 0.0583. The molecule has 1 N–H and O–H groups in total. The summed E-state index contributed by atoms with van der Waals surface area (Å²) in [4.78, 5) is 29.2. The second-order valence-corrected chi connectivity index (χ2v) is 8.59. The molecule has 0 radical (unpaired) electrons. The third-order valence-electron chi connectivity index (χ3n) is 5.98. The summed E-state index contributed by atoms with van der Waals surface area (Å²) in [6.07, 6.45) is 2.92. The maximum atomic E-state index is 12.7. The summed E-state index contributed by atoms with van der Waals surface area (Å²) >= 11 is 0. The Hall–Kier alpha value is -2.86. The molecule has 2 aromatic rings. The Morgan fingerprint density at radius 3 is 2.68 bits per heavy atom. The number of hydrogen-bond acceptors (Lipinski definition) is 4. The van der Waals surface area contributed by atoms with Gasteiger partial charge in [0.25, 0.3) is 0 Å². The predicted molar refractivity (Wildman–Crippen MR) is 122 cm³/mol. The molecule has 2 aliphatic heterocycles. The zero-order chi connectivity index (χ0) is 21.6. The van der Waals surface area contributed by atoms with E-state index in [2.05, 4.69) is 29.3 Å². The van der Waals surface area contributed by atoms with Crippen LogP contribution in [0.15, 0.2) is 48.5 Å². The summed E-state index contributed by atoms with van der Waals surface area (Å²) in [5.74, 6) is 1.27. The van der Waals surface area contributed by atoms with Gasteiger partial charge in [-0.3, -0.25) is 14.5 Å². The first-order valence-electron chi connectivity index (χ1n) is 11.2. The number of fused-ring (bicyclic) bond motifs is 1. The van der Waals surface area contributed by atoms with Crippen LogP contribution in [0.5, 0.6) is 5.75 Å². The van der Waals surface area contributed by atoms with E-state index in [-0.39, 0.29) is 24.7 Å². The Morgan fingerprint density at radius 1 is 1.06 bits per heavy atom. The first-order chi connectivity index (χ1) is 15.1. The topological polar surface area (TPSA) is 61.9 Å². The molecular weight excluding hydrogens is 390 g/mol. The number of piperidine rings is 1. The Balaban J connectivity index is 1.25. The van der Waals surface area contributed by atoms with Gasteiger partial charge in [0.1, 0.15) is 12.4 Å². The number of rotatable bonds is 6. The molecule has 164 valence electrons. The van der Waals surface area contributed by atoms with Crippen LogP contribution in [0.3, 0.4) is 0 Å². The Labute approximate surface area is 184 Å². The lowest BCUT2D eigenvalue weighted by Crippen LogP contribution is -2.38. The highest BCUT2D eigenvalue weighted by atomic mass is 16.5. The average molecular weight is 422 g/mol. The van der Waals surface area contributed by atoms with Crippen LogP contribution in [0.25, 0.3) is 0 Å². The molecule has 0 saturated carbocycles. The second-order valence-electron chi connectivity index (χ2n) is 8.59. The summed E-state index contributed by atoms with van der Waals surface area (Å²) in [7, 11) is 0. The molecule has 2 aromatic carbocycles. The van der Waals surface area contributed by atoms with Gasteiger partial charge in [-0.2, -0.15) is 0 Å². The molecule has 1 atom stereocenters. The van der Waals surface area contributed by atoms with Crippen molar-refractivity contribution in [3.63, 3.8) is 0 Å². The smallest absolute Gasteiger partial charge is 0.227 e. The lowest BCUT2D eigenvalue weighted by Gasteiger charge is -2.30. The third-order valence-corrected chi connectivity index (χ3v) is 5.98. The summed E-state index contributed by atoms with van der Waals surface area (Å²) < 4.78 is 5.59. The minimum atomic E-state index is -0.146. The standard InChI is InChI=1S/C25H31N3O3/c1-19-5-4-14-27(17-19)18-20-8-10-21(11-9-20)26-24(29)12-13-25(30)28-15-16-31-23-7-3-2-6-22(23)28/h2-3,6-11,19H,4-5,12-18H2,1H3,(H,26,29). The van der Waals surface area contributed by atoms with Gasteiger partial charge in [-0.1, -0.05) is 31.2 Å². The van der Waals surface area contributed by atoms with Crippen molar-refractivity contribution < 1.29 is 14.3 Å². The molecule has 0 aromatic heterocycles. The summed E-state index contributed by atoms with van der Waals surface area (Å²) in [6.45, 7) is 6.55. The highest BCUT2D eigenvalue weighted by Crippen LogP contribution is 2.31. The van der Waals surface area contributed by atoms with Crippen molar-refractivity contribution in [3.05, 3.63) is 54.1 Å². The molecule has 1 unspecified atom stereocenters. The van der Waals surface area contributed by atoms with Crippen LogP contribution in [0.1, 0.15) is 38.2 Å². The zero-order valence-electron chi connectivity index (χ0n) is 18.2. The molecule has 0 aliphatic carbocycles. The van der Waals surface area contributed by atoms with Crippen molar-refractivity contribution in [1.82, 2.24) is 4.90 Å². The van der Waals surface area contributed by atoms with Gasteiger partial charge in [0.15, 0.2) is 0 Å². The molecule has 2 amide bonds. The van der Waals surface area contributed by atoms with Crippen LogP contribution in [0.4, 0.5) is 11.4 Å². The second kappa shape index (κ2) is 9.96. The zero-order valence-corrected chi connectivity index (χ0v) is 18.2. The van der Waals surface area contributed by atoms with E-state index in [0.717, 1.165) is 36.9 Å². The summed E-state index contributed by atoms with van der Waals surface area (Å²) in [5, 5.41) is 2.91. The van der Waals surface area contributed by atoms with E-state index < -0.39 is 0 Å². The molecule has 4 rings (SSSR count). The van der Waals surface area contributed by atoms with Crippen molar-refractivity contribution in [3.8, 4) is 5.75 Å². The Kier molecular flexibility index (Phi) is 6.87. The lowest BCUT2D eigenvalue weighted by molar-refractivity contribution is -0.122. The quantitative estimate of drug-likeness (QED) is 0.764. The van der Waals surface area contributed by atoms with Crippen molar-refractivity contribution in [2.75, 3.05) is 36.5 Å². The van der Waals surface area contributed by atoms with Crippen LogP contribution in [0, 0.1) is 5.92 Å². The molecule has 2 heterocycles. The number of ether oxygens (including phenoxy) is 1. The minimum Gasteiger partial charge on any atom is -0.490 e. The molecule has 6 nitrogen and oxygen atoms in total. The molecule has 0 spiro atoms. The van der Waals surface area contributed by atoms with E-state index in [4.69, 9.17) is 4.74 Å². The van der Waals surface area contributed by atoms with Gasteiger partial charge in [0.2, 0.25) is 11.8 Å². The summed E-state index contributed by atoms with van der Waals surface area (Å²) in [5.41, 5.74) is 2.80.